The van der Waals surface area contributed by atoms with E-state index in [1.54, 1.807) is 0 Å². The van der Waals surface area contributed by atoms with Crippen LogP contribution in [0.1, 0.15) is 0 Å². The molecular weight excluding hydrogens is 331 g/mol. The molecule has 0 fully saturated rings. The maximum absolute atomic E-state index is 13.3. The van der Waals surface area contributed by atoms with E-state index in [1.165, 1.54) is 7.11 Å². The van der Waals surface area contributed by atoms with Gasteiger partial charge in [0.2, 0.25) is 0 Å². The molecule has 14 heavy (non-hydrogen) atoms. The average molecular weight is 335 g/mol. The van der Waals surface area contributed by atoms with Crippen LogP contribution in [0, 0.1) is 5.82 Å². The van der Waals surface area contributed by atoms with E-state index < -0.39 is 16.8 Å². The molecule has 7 heteroatoms. The Balaban J connectivity index is 3.41. The highest BCUT2D eigenvalue weighted by atomic mass is 79.9. The first-order chi connectivity index (χ1) is 6.49. The lowest BCUT2D eigenvalue weighted by Crippen LogP contribution is -2.01. The van der Waals surface area contributed by atoms with Crippen LogP contribution in [0.4, 0.5) is 19.0 Å². The van der Waals surface area contributed by atoms with E-state index in [9.17, 15) is 13.4 Å². The lowest BCUT2D eigenvalue weighted by Gasteiger charge is -2.11. The van der Waals surface area contributed by atoms with Crippen molar-refractivity contribution in [1.82, 2.24) is 0 Å². The predicted molar refractivity (Wildman–Crippen MR) is 53.0 cm³/mol. The third-order valence-electron chi connectivity index (χ3n) is 1.49. The topological polar surface area (TPSA) is 12.5 Å². The van der Waals surface area contributed by atoms with Crippen LogP contribution in [-0.2, 0) is 0 Å². The second kappa shape index (κ2) is 4.39. The van der Waals surface area contributed by atoms with Crippen LogP contribution in [0.25, 0.3) is 0 Å². The third-order valence-corrected chi connectivity index (χ3v) is 2.82. The molecule has 0 saturated carbocycles. The van der Waals surface area contributed by atoms with Crippen molar-refractivity contribution in [2.75, 3.05) is 12.5 Å². The van der Waals surface area contributed by atoms with Crippen molar-refractivity contribution in [1.29, 1.82) is 0 Å². The van der Waals surface area contributed by atoms with E-state index in [-0.39, 0.29) is 14.7 Å². The predicted octanol–water partition coefficient (Wildman–Crippen LogP) is 3.93. The van der Waals surface area contributed by atoms with Gasteiger partial charge in [0.1, 0.15) is 5.69 Å². The van der Waals surface area contributed by atoms with Gasteiger partial charge in [-0.3, -0.25) is 0 Å². The van der Waals surface area contributed by atoms with Gasteiger partial charge in [-0.05, 0) is 43.3 Å². The number of hydrogen-bond donors (Lipinski definition) is 0. The van der Waals surface area contributed by atoms with Gasteiger partial charge in [0, 0.05) is 0 Å². The standard InChI is InChI=1S/C7H4Br2F3NO/c1-14-4-2-3(8)7(13(11)12)5(9)6(4)10/h2H,1H3. The highest BCUT2D eigenvalue weighted by molar-refractivity contribution is 9.11. The molecule has 0 aromatic heterocycles. The van der Waals surface area contributed by atoms with Gasteiger partial charge in [0.05, 0.1) is 16.1 Å². The lowest BCUT2D eigenvalue weighted by molar-refractivity contribution is 0.233. The number of benzene rings is 1. The lowest BCUT2D eigenvalue weighted by atomic mass is 10.3. The number of rotatable bonds is 2. The fourth-order valence-corrected chi connectivity index (χ4v) is 2.22. The summed E-state index contributed by atoms with van der Waals surface area (Å²) in [6, 6.07) is 1.13. The summed E-state index contributed by atoms with van der Waals surface area (Å²) in [5.74, 6) is -0.986. The molecule has 0 aliphatic heterocycles. The van der Waals surface area contributed by atoms with Gasteiger partial charge in [-0.25, -0.2) is 4.39 Å². The first-order valence-electron chi connectivity index (χ1n) is 3.32. The molecule has 2 nitrogen and oxygen atoms in total. The highest BCUT2D eigenvalue weighted by Gasteiger charge is 2.20. The van der Waals surface area contributed by atoms with Crippen LogP contribution in [0.3, 0.4) is 0 Å². The fraction of sp³-hybridized carbons (Fsp3) is 0.143. The van der Waals surface area contributed by atoms with Crippen LogP contribution in [-0.4, -0.2) is 7.11 Å². The Morgan fingerprint density at radius 2 is 1.93 bits per heavy atom. The second-order valence-corrected chi connectivity index (χ2v) is 3.92. The zero-order valence-corrected chi connectivity index (χ0v) is 9.99. The summed E-state index contributed by atoms with van der Waals surface area (Å²) >= 11 is 5.59. The van der Waals surface area contributed by atoms with E-state index >= 15 is 0 Å². The molecule has 0 aliphatic carbocycles. The Kier molecular flexibility index (Phi) is 3.65. The van der Waals surface area contributed by atoms with E-state index in [0.717, 1.165) is 6.07 Å². The molecule has 0 radical (unpaired) electrons. The Bertz CT molecular complexity index is 359. The third kappa shape index (κ3) is 1.98. The molecule has 0 aliphatic rings. The Morgan fingerprint density at radius 1 is 1.36 bits per heavy atom. The molecule has 0 N–H and O–H groups in total. The molecular formula is C7H4Br2F3NO. The van der Waals surface area contributed by atoms with Gasteiger partial charge in [-0.2, -0.15) is 0 Å². The van der Waals surface area contributed by atoms with Gasteiger partial charge in [-0.15, -0.1) is 0 Å². The van der Waals surface area contributed by atoms with Crippen molar-refractivity contribution in [3.63, 3.8) is 0 Å². The molecule has 0 unspecified atom stereocenters. The van der Waals surface area contributed by atoms with Gasteiger partial charge in [0.15, 0.2) is 11.6 Å². The smallest absolute Gasteiger partial charge is 0.181 e. The maximum Gasteiger partial charge on any atom is 0.181 e. The van der Waals surface area contributed by atoms with Crippen LogP contribution in [0.2, 0.25) is 0 Å². The number of nitrogens with zero attached hydrogens (tertiary/aromatic N) is 1. The number of anilines is 1. The molecule has 1 aromatic rings. The summed E-state index contributed by atoms with van der Waals surface area (Å²) < 4.78 is 42.1. The van der Waals surface area contributed by atoms with E-state index in [1.807, 2.05) is 0 Å². The van der Waals surface area contributed by atoms with Crippen LogP contribution >= 0.6 is 31.9 Å². The summed E-state index contributed by atoms with van der Waals surface area (Å²) in [7, 11) is 1.25. The molecule has 1 aromatic carbocycles. The molecule has 0 amide bonds. The maximum atomic E-state index is 13.3. The Morgan fingerprint density at radius 3 is 2.36 bits per heavy atom. The minimum absolute atomic E-state index is 0.0348. The number of ether oxygens (including phenoxy) is 1. The van der Waals surface area contributed by atoms with Crippen molar-refractivity contribution in [2.45, 2.75) is 0 Å². The van der Waals surface area contributed by atoms with Crippen LogP contribution < -0.4 is 10.1 Å². The normalized spacial score (nSPS) is 10.1. The van der Waals surface area contributed by atoms with Crippen LogP contribution in [0.15, 0.2) is 15.0 Å². The van der Waals surface area contributed by atoms with Crippen molar-refractivity contribution >= 4 is 37.5 Å². The summed E-state index contributed by atoms with van der Waals surface area (Å²) in [6.07, 6.45) is 0. The van der Waals surface area contributed by atoms with Gasteiger partial charge < -0.3 is 4.74 Å². The summed E-state index contributed by atoms with van der Waals surface area (Å²) in [5.41, 5.74) is -0.580. The molecule has 0 atom stereocenters. The van der Waals surface area contributed by atoms with Crippen molar-refractivity contribution in [2.24, 2.45) is 0 Å². The average Bonchev–Trinajstić information content (AvgIpc) is 2.10. The van der Waals surface area contributed by atoms with E-state index in [2.05, 4.69) is 36.6 Å². The monoisotopic (exact) mass is 333 g/mol. The molecule has 0 spiro atoms. The molecule has 0 heterocycles. The zero-order valence-electron chi connectivity index (χ0n) is 6.82. The fourth-order valence-electron chi connectivity index (χ4n) is 0.867. The Labute approximate surface area is 94.8 Å². The first kappa shape index (κ1) is 11.6. The molecule has 0 bridgehead atoms. The van der Waals surface area contributed by atoms with E-state index in [4.69, 9.17) is 0 Å². The molecule has 1 rings (SSSR count). The minimum Gasteiger partial charge on any atom is -0.494 e. The minimum atomic E-state index is -1.18. The van der Waals surface area contributed by atoms with Crippen LogP contribution in [0.5, 0.6) is 5.75 Å². The second-order valence-electron chi connectivity index (χ2n) is 2.27. The number of halogens is 5. The number of hydrogen-bond acceptors (Lipinski definition) is 2. The molecule has 0 saturated heterocycles. The number of methoxy groups -OCH3 is 1. The summed E-state index contributed by atoms with van der Waals surface area (Å²) in [4.78, 5) is 0. The van der Waals surface area contributed by atoms with Crippen molar-refractivity contribution in [3.05, 3.63) is 20.8 Å². The Hall–Kier alpha value is -0.430. The van der Waals surface area contributed by atoms with E-state index in [0.29, 0.717) is 0 Å². The summed E-state index contributed by atoms with van der Waals surface area (Å²) in [5, 5.41) is -1.18. The van der Waals surface area contributed by atoms with Gasteiger partial charge >= 0.3 is 0 Å². The zero-order chi connectivity index (χ0) is 10.9. The first-order valence-corrected chi connectivity index (χ1v) is 4.90. The van der Waals surface area contributed by atoms with Gasteiger partial charge in [-0.1, -0.05) is 8.96 Å². The van der Waals surface area contributed by atoms with Crippen molar-refractivity contribution in [3.8, 4) is 5.75 Å². The SMILES string of the molecule is COc1cc(Br)c(N(F)F)c(Br)c1F. The molecule has 78 valence electrons. The summed E-state index contributed by atoms with van der Waals surface area (Å²) in [6.45, 7) is 0. The highest BCUT2D eigenvalue weighted by Crippen LogP contribution is 2.41. The van der Waals surface area contributed by atoms with Gasteiger partial charge in [0.25, 0.3) is 0 Å². The largest absolute Gasteiger partial charge is 0.494 e. The van der Waals surface area contributed by atoms with Crippen molar-refractivity contribution < 1.29 is 18.1 Å². The quantitative estimate of drug-likeness (QED) is 0.600.